The monoisotopic (exact) mass is 721 g/mol. The second-order valence-corrected chi connectivity index (χ2v) is 17.3. The molecule has 1 aromatic carbocycles. The zero-order valence-electron chi connectivity index (χ0n) is 30.7. The van der Waals surface area contributed by atoms with Crippen molar-refractivity contribution >= 4 is 51.2 Å². The second kappa shape index (κ2) is 21.8. The third kappa shape index (κ3) is 13.1. The molecule has 0 spiro atoms. The number of carbonyl (C=O) groups is 2. The van der Waals surface area contributed by atoms with Crippen LogP contribution in [0.2, 0.25) is 0 Å². The molecule has 8 heteroatoms. The molecule has 268 valence electrons. The molecule has 3 aromatic rings. The fraction of sp³-hybridized carbons (Fsp3) is 0.561. The summed E-state index contributed by atoms with van der Waals surface area (Å²) in [6.07, 6.45) is 22.1. The maximum Gasteiger partial charge on any atom is 0.246 e. The van der Waals surface area contributed by atoms with Crippen molar-refractivity contribution in [2.75, 3.05) is 12.8 Å². The van der Waals surface area contributed by atoms with Crippen molar-refractivity contribution in [2.45, 2.75) is 116 Å². The van der Waals surface area contributed by atoms with Gasteiger partial charge in [0.1, 0.15) is 0 Å². The summed E-state index contributed by atoms with van der Waals surface area (Å²) in [5, 5.41) is 0. The Morgan fingerprint density at radius 1 is 0.918 bits per heavy atom. The largest absolute Gasteiger partial charge is 0.333 e. The molecule has 2 aliphatic rings. The molecular formula is C41H59N3O2S3. The highest BCUT2D eigenvalue weighted by atomic mass is 32.2. The molecule has 5 nitrogen and oxygen atoms in total. The van der Waals surface area contributed by atoms with Gasteiger partial charge in [-0.25, -0.2) is 9.97 Å². The molecule has 1 unspecified atom stereocenters. The van der Waals surface area contributed by atoms with Crippen LogP contribution in [0.15, 0.2) is 54.9 Å². The molecule has 1 fully saturated rings. The fourth-order valence-corrected chi connectivity index (χ4v) is 9.34. The van der Waals surface area contributed by atoms with Gasteiger partial charge in [0, 0.05) is 34.2 Å². The number of thioether (sulfide) groups is 2. The Bertz CT molecular complexity index is 1420. The standard InChI is InChI=1S/C30H40N2OS2.C10H14OS.CH5N/c1-3-6-22-9-13-26(14-10-22)24-7-5-8-25(18-17-24)28-19-31-29(32-20-28)27-15-11-23(12-16-27)21-35-30(33)34-4-2;1-4-10(2,3)9-6-5-8(7-11)12-9;1-2/h11-12,15-16,18-20,22,24,26H,3-10,13-14,17,21H2,1-2H3;5-7H,4H2,1-3H3;2H2,1H3. The van der Waals surface area contributed by atoms with Crippen LogP contribution in [0.1, 0.15) is 131 Å². The minimum atomic E-state index is 0.189. The molecular weight excluding hydrogens is 663 g/mol. The Morgan fingerprint density at radius 2 is 1.61 bits per heavy atom. The minimum Gasteiger partial charge on any atom is -0.333 e. The van der Waals surface area contributed by atoms with Crippen LogP contribution in [0.5, 0.6) is 0 Å². The topological polar surface area (TPSA) is 85.9 Å². The van der Waals surface area contributed by atoms with Crippen molar-refractivity contribution in [2.24, 2.45) is 23.5 Å². The summed E-state index contributed by atoms with van der Waals surface area (Å²) < 4.78 is 0.189. The number of carbonyl (C=O) groups excluding carboxylic acids is 2. The molecule has 5 rings (SSSR count). The zero-order valence-corrected chi connectivity index (χ0v) is 33.2. The van der Waals surface area contributed by atoms with E-state index in [1.54, 1.807) is 11.3 Å². The van der Waals surface area contributed by atoms with Crippen molar-refractivity contribution in [3.8, 4) is 11.4 Å². The Hall–Kier alpha value is -2.26. The highest BCUT2D eigenvalue weighted by Gasteiger charge is 2.28. The number of thiophene rings is 1. The first-order valence-electron chi connectivity index (χ1n) is 18.3. The van der Waals surface area contributed by atoms with Gasteiger partial charge in [-0.05, 0) is 104 Å². The van der Waals surface area contributed by atoms with Gasteiger partial charge in [0.25, 0.3) is 0 Å². The maximum absolute atomic E-state index is 11.7. The average molecular weight is 722 g/mol. The average Bonchev–Trinajstić information content (AvgIpc) is 3.51. The first-order chi connectivity index (χ1) is 23.8. The lowest BCUT2D eigenvalue weighted by molar-refractivity contribution is 0.112. The van der Waals surface area contributed by atoms with Crippen molar-refractivity contribution in [3.05, 3.63) is 75.7 Å². The number of nitrogens with zero attached hydrogens (tertiary/aromatic N) is 2. The van der Waals surface area contributed by atoms with E-state index in [0.717, 1.165) is 64.5 Å². The smallest absolute Gasteiger partial charge is 0.246 e. The number of hydrogen-bond acceptors (Lipinski definition) is 8. The van der Waals surface area contributed by atoms with Crippen LogP contribution in [-0.4, -0.2) is 33.5 Å². The summed E-state index contributed by atoms with van der Waals surface area (Å²) >= 11 is 4.34. The van der Waals surface area contributed by atoms with Crippen LogP contribution in [0.3, 0.4) is 0 Å². The quantitative estimate of drug-likeness (QED) is 0.197. The van der Waals surface area contributed by atoms with Crippen molar-refractivity contribution in [3.63, 3.8) is 0 Å². The fourth-order valence-electron chi connectivity index (χ4n) is 6.76. The van der Waals surface area contributed by atoms with E-state index in [-0.39, 0.29) is 9.86 Å². The van der Waals surface area contributed by atoms with E-state index < -0.39 is 0 Å². The number of rotatable bonds is 11. The van der Waals surface area contributed by atoms with Gasteiger partial charge in [0.05, 0.1) is 4.88 Å². The predicted octanol–water partition coefficient (Wildman–Crippen LogP) is 12.3. The summed E-state index contributed by atoms with van der Waals surface area (Å²) in [4.78, 5) is 33.7. The summed E-state index contributed by atoms with van der Waals surface area (Å²) in [5.41, 5.74) is 9.50. The van der Waals surface area contributed by atoms with Crippen LogP contribution in [0.4, 0.5) is 4.79 Å². The molecule has 2 heterocycles. The first kappa shape index (κ1) is 41.2. The van der Waals surface area contributed by atoms with Gasteiger partial charge in [0.15, 0.2) is 12.1 Å². The van der Waals surface area contributed by atoms with E-state index in [1.807, 2.05) is 25.4 Å². The zero-order chi connectivity index (χ0) is 35.6. The van der Waals surface area contributed by atoms with Crippen molar-refractivity contribution in [1.29, 1.82) is 0 Å². The number of aromatic nitrogens is 2. The van der Waals surface area contributed by atoms with Gasteiger partial charge in [-0.1, -0.05) is 114 Å². The van der Waals surface area contributed by atoms with Crippen LogP contribution < -0.4 is 5.73 Å². The Labute approximate surface area is 309 Å². The molecule has 0 radical (unpaired) electrons. The van der Waals surface area contributed by atoms with E-state index in [1.165, 1.54) is 104 Å². The second-order valence-electron chi connectivity index (χ2n) is 13.7. The lowest BCUT2D eigenvalue weighted by Crippen LogP contribution is -2.21. The maximum atomic E-state index is 11.7. The van der Waals surface area contributed by atoms with Gasteiger partial charge >= 0.3 is 0 Å². The van der Waals surface area contributed by atoms with Gasteiger partial charge in [-0.2, -0.15) is 0 Å². The number of nitrogens with two attached hydrogens (primary N) is 1. The lowest BCUT2D eigenvalue weighted by Gasteiger charge is -2.33. The molecule has 2 aliphatic carbocycles. The molecule has 2 N–H and O–H groups in total. The van der Waals surface area contributed by atoms with Crippen molar-refractivity contribution < 1.29 is 9.59 Å². The highest BCUT2D eigenvalue weighted by molar-refractivity contribution is 8.38. The molecule has 0 bridgehead atoms. The SMILES string of the molecule is CCC(C)(C)c1ccc(C=O)s1.CCCC1CCC(C2CC=C(c3cnc(-c4ccc(CSC(=O)SCC)cc4)nc3)CCC2)CC1.CN. The van der Waals surface area contributed by atoms with E-state index >= 15 is 0 Å². The highest BCUT2D eigenvalue weighted by Crippen LogP contribution is 2.41. The molecule has 1 saturated carbocycles. The van der Waals surface area contributed by atoms with Crippen LogP contribution in [0.25, 0.3) is 17.0 Å². The van der Waals surface area contributed by atoms with Crippen LogP contribution >= 0.6 is 34.9 Å². The summed E-state index contributed by atoms with van der Waals surface area (Å²) in [5.74, 6) is 5.09. The Kier molecular flexibility index (Phi) is 18.4. The molecule has 49 heavy (non-hydrogen) atoms. The summed E-state index contributed by atoms with van der Waals surface area (Å²) in [7, 11) is 1.50. The van der Waals surface area contributed by atoms with E-state index in [2.05, 4.69) is 69.8 Å². The van der Waals surface area contributed by atoms with Gasteiger partial charge < -0.3 is 5.73 Å². The molecule has 0 aliphatic heterocycles. The van der Waals surface area contributed by atoms with Crippen LogP contribution in [0, 0.1) is 17.8 Å². The molecule has 1 atom stereocenters. The lowest BCUT2D eigenvalue weighted by atomic mass is 9.73. The summed E-state index contributed by atoms with van der Waals surface area (Å²) in [6, 6.07) is 12.2. The molecule has 0 saturated heterocycles. The molecule has 0 amide bonds. The Balaban J connectivity index is 0.000000390. The van der Waals surface area contributed by atoms with E-state index in [4.69, 9.17) is 9.97 Å². The van der Waals surface area contributed by atoms with Gasteiger partial charge in [0.2, 0.25) is 4.45 Å². The minimum absolute atomic E-state index is 0.189. The van der Waals surface area contributed by atoms with Gasteiger partial charge in [-0.3, -0.25) is 9.59 Å². The number of aldehydes is 1. The molecule has 2 aromatic heterocycles. The van der Waals surface area contributed by atoms with Crippen LogP contribution in [-0.2, 0) is 11.2 Å². The third-order valence-corrected chi connectivity index (χ3v) is 13.4. The summed E-state index contributed by atoms with van der Waals surface area (Å²) in [6.45, 7) is 10.9. The van der Waals surface area contributed by atoms with E-state index in [0.29, 0.717) is 5.75 Å². The normalized spacial score (nSPS) is 19.3. The predicted molar refractivity (Wildman–Crippen MR) is 216 cm³/mol. The number of allylic oxidation sites excluding steroid dienone is 2. The third-order valence-electron chi connectivity index (χ3n) is 10.1. The first-order valence-corrected chi connectivity index (χ1v) is 21.1. The number of hydrogen-bond donors (Lipinski definition) is 1. The van der Waals surface area contributed by atoms with Gasteiger partial charge in [-0.15, -0.1) is 11.3 Å². The number of benzene rings is 1. The van der Waals surface area contributed by atoms with E-state index in [9.17, 15) is 9.59 Å². The van der Waals surface area contributed by atoms with Crippen molar-refractivity contribution in [1.82, 2.24) is 9.97 Å². The Morgan fingerprint density at radius 3 is 2.20 bits per heavy atom.